The van der Waals surface area contributed by atoms with E-state index in [1.807, 2.05) is 12.1 Å². The second-order valence-electron chi connectivity index (χ2n) is 4.75. The minimum atomic E-state index is 0.134. The van der Waals surface area contributed by atoms with Crippen molar-refractivity contribution in [2.45, 2.75) is 12.1 Å². The van der Waals surface area contributed by atoms with Crippen molar-refractivity contribution in [2.75, 3.05) is 25.5 Å². The molecule has 0 radical (unpaired) electrons. The average molecular weight is 259 g/mol. The molecule has 1 aliphatic rings. The van der Waals surface area contributed by atoms with Crippen LogP contribution in [0, 0.1) is 0 Å². The largest absolute Gasteiger partial charge is 0.508 e. The van der Waals surface area contributed by atoms with Crippen LogP contribution in [0.5, 0.6) is 5.75 Å². The van der Waals surface area contributed by atoms with E-state index in [0.29, 0.717) is 0 Å². The van der Waals surface area contributed by atoms with Gasteiger partial charge < -0.3 is 20.5 Å². The Morgan fingerprint density at radius 3 is 3.11 bits per heavy atom. The Balaban J connectivity index is 1.94. The molecule has 1 aliphatic heterocycles. The first-order valence-electron chi connectivity index (χ1n) is 6.36. The van der Waals surface area contributed by atoms with Gasteiger partial charge in [0.2, 0.25) is 0 Å². The van der Waals surface area contributed by atoms with Gasteiger partial charge in [-0.2, -0.15) is 0 Å². The highest BCUT2D eigenvalue weighted by Crippen LogP contribution is 2.26. The van der Waals surface area contributed by atoms with Gasteiger partial charge in [0.15, 0.2) is 0 Å². The molecule has 3 N–H and O–H groups in total. The van der Waals surface area contributed by atoms with Crippen LogP contribution < -0.4 is 10.6 Å². The lowest BCUT2D eigenvalue weighted by molar-refractivity contribution is 0.111. The van der Waals surface area contributed by atoms with E-state index in [1.165, 1.54) is 0 Å². The monoisotopic (exact) mass is 259 g/mol. The van der Waals surface area contributed by atoms with Gasteiger partial charge in [-0.25, -0.2) is 4.98 Å². The van der Waals surface area contributed by atoms with Gasteiger partial charge in [0, 0.05) is 31.8 Å². The number of ether oxygens (including phenoxy) is 1. The first kappa shape index (κ1) is 12.2. The van der Waals surface area contributed by atoms with E-state index < -0.39 is 0 Å². The number of phenolic OH excluding ortho intramolecular Hbond substituents is 1. The fourth-order valence-electron chi connectivity index (χ4n) is 2.49. The molecule has 0 spiro atoms. The number of aromatic nitrogens is 1. The number of anilines is 1. The summed E-state index contributed by atoms with van der Waals surface area (Å²) in [6, 6.07) is 7.42. The second-order valence-corrected chi connectivity index (χ2v) is 4.75. The van der Waals surface area contributed by atoms with Crippen LogP contribution in [0.4, 0.5) is 5.82 Å². The Hall–Kier alpha value is -1.85. The third-order valence-corrected chi connectivity index (χ3v) is 3.53. The van der Waals surface area contributed by atoms with Gasteiger partial charge >= 0.3 is 0 Å². The summed E-state index contributed by atoms with van der Waals surface area (Å²) in [6.07, 6.45) is 1.90. The molecule has 2 atom stereocenters. The van der Waals surface area contributed by atoms with Crippen molar-refractivity contribution in [3.63, 3.8) is 0 Å². The molecule has 2 heterocycles. The molecule has 5 nitrogen and oxygen atoms in total. The van der Waals surface area contributed by atoms with Crippen molar-refractivity contribution in [1.29, 1.82) is 0 Å². The summed E-state index contributed by atoms with van der Waals surface area (Å²) in [6.45, 7) is 1.68. The van der Waals surface area contributed by atoms with E-state index in [9.17, 15) is 5.11 Å². The van der Waals surface area contributed by atoms with Crippen LogP contribution in [0.3, 0.4) is 0 Å². The van der Waals surface area contributed by atoms with Crippen molar-refractivity contribution >= 4 is 16.6 Å². The Morgan fingerprint density at radius 2 is 2.26 bits per heavy atom. The number of hydrogen-bond acceptors (Lipinski definition) is 5. The maximum Gasteiger partial charge on any atom is 0.134 e. The van der Waals surface area contributed by atoms with Crippen molar-refractivity contribution in [2.24, 2.45) is 0 Å². The van der Waals surface area contributed by atoms with E-state index in [4.69, 9.17) is 4.74 Å². The lowest BCUT2D eigenvalue weighted by Crippen LogP contribution is -2.33. The van der Waals surface area contributed by atoms with Gasteiger partial charge in [0.05, 0.1) is 12.1 Å². The Morgan fingerprint density at radius 1 is 1.37 bits per heavy atom. The standard InChI is InChI=1S/C14H17N3O2/c1-19-13-8-15-7-12(13)17-14-11-6-10(18)3-2-9(11)4-5-16-14/h2-6,12-13,15,18H,7-8H2,1H3,(H,16,17)/t12?,13-/m0/s1. The molecule has 2 aromatic rings. The van der Waals surface area contributed by atoms with Crippen LogP contribution in [-0.2, 0) is 4.74 Å². The number of hydrogen-bond donors (Lipinski definition) is 3. The zero-order valence-corrected chi connectivity index (χ0v) is 10.8. The second kappa shape index (κ2) is 5.03. The maximum absolute atomic E-state index is 9.62. The van der Waals surface area contributed by atoms with E-state index in [0.717, 1.165) is 29.7 Å². The average Bonchev–Trinajstić information content (AvgIpc) is 2.87. The summed E-state index contributed by atoms with van der Waals surface area (Å²) < 4.78 is 5.43. The molecule has 0 aliphatic carbocycles. The Kier molecular flexibility index (Phi) is 3.23. The number of pyridine rings is 1. The highest BCUT2D eigenvalue weighted by Gasteiger charge is 2.27. The Labute approximate surface area is 111 Å². The van der Waals surface area contributed by atoms with Gasteiger partial charge in [0.25, 0.3) is 0 Å². The number of nitrogens with zero attached hydrogens (tertiary/aromatic N) is 1. The number of benzene rings is 1. The smallest absolute Gasteiger partial charge is 0.134 e. The first-order chi connectivity index (χ1) is 9.28. The van der Waals surface area contributed by atoms with Crippen molar-refractivity contribution < 1.29 is 9.84 Å². The molecular formula is C14H17N3O2. The molecule has 1 aromatic heterocycles. The lowest BCUT2D eigenvalue weighted by atomic mass is 10.1. The summed E-state index contributed by atoms with van der Waals surface area (Å²) in [5, 5.41) is 18.3. The van der Waals surface area contributed by atoms with Gasteiger partial charge in [-0.3, -0.25) is 0 Å². The maximum atomic E-state index is 9.62. The molecule has 5 heteroatoms. The number of fused-ring (bicyclic) bond motifs is 1. The van der Waals surface area contributed by atoms with Gasteiger partial charge in [-0.05, 0) is 23.6 Å². The predicted octanol–water partition coefficient (Wildman–Crippen LogP) is 1.34. The van der Waals surface area contributed by atoms with Gasteiger partial charge in [-0.1, -0.05) is 6.07 Å². The topological polar surface area (TPSA) is 66.4 Å². The van der Waals surface area contributed by atoms with Crippen molar-refractivity contribution in [1.82, 2.24) is 10.3 Å². The fraction of sp³-hybridized carbons (Fsp3) is 0.357. The fourth-order valence-corrected chi connectivity index (χ4v) is 2.49. The molecule has 1 unspecified atom stereocenters. The molecule has 0 amide bonds. The van der Waals surface area contributed by atoms with Crippen LogP contribution in [0.2, 0.25) is 0 Å². The summed E-state index contributed by atoms with van der Waals surface area (Å²) in [5.74, 6) is 1.03. The predicted molar refractivity (Wildman–Crippen MR) is 74.5 cm³/mol. The molecule has 1 fully saturated rings. The summed E-state index contributed by atoms with van der Waals surface area (Å²) in [7, 11) is 1.72. The molecule has 0 saturated carbocycles. The minimum absolute atomic E-state index is 0.134. The lowest BCUT2D eigenvalue weighted by Gasteiger charge is -2.20. The number of phenols is 1. The molecular weight excluding hydrogens is 242 g/mol. The normalized spacial score (nSPS) is 22.8. The van der Waals surface area contributed by atoms with Crippen molar-refractivity contribution in [3.05, 3.63) is 30.5 Å². The van der Waals surface area contributed by atoms with Crippen LogP contribution >= 0.6 is 0 Å². The summed E-state index contributed by atoms with van der Waals surface area (Å²) in [5.41, 5.74) is 0. The van der Waals surface area contributed by atoms with Gasteiger partial charge in [0.1, 0.15) is 11.6 Å². The minimum Gasteiger partial charge on any atom is -0.508 e. The van der Waals surface area contributed by atoms with E-state index in [2.05, 4.69) is 15.6 Å². The highest BCUT2D eigenvalue weighted by molar-refractivity contribution is 5.92. The number of nitrogens with one attached hydrogen (secondary N) is 2. The zero-order valence-electron chi connectivity index (χ0n) is 10.8. The van der Waals surface area contributed by atoms with Crippen LogP contribution in [0.1, 0.15) is 0 Å². The molecule has 3 rings (SSSR count). The third-order valence-electron chi connectivity index (χ3n) is 3.53. The molecule has 100 valence electrons. The molecule has 19 heavy (non-hydrogen) atoms. The quantitative estimate of drug-likeness (QED) is 0.776. The van der Waals surface area contributed by atoms with E-state index >= 15 is 0 Å². The van der Waals surface area contributed by atoms with Crippen LogP contribution in [-0.4, -0.2) is 42.4 Å². The highest BCUT2D eigenvalue weighted by atomic mass is 16.5. The number of rotatable bonds is 3. The van der Waals surface area contributed by atoms with E-state index in [1.54, 1.807) is 25.4 Å². The molecule has 0 bridgehead atoms. The summed E-state index contributed by atoms with van der Waals surface area (Å²) >= 11 is 0. The van der Waals surface area contributed by atoms with Crippen LogP contribution in [0.25, 0.3) is 10.8 Å². The number of methoxy groups -OCH3 is 1. The number of aromatic hydroxyl groups is 1. The zero-order chi connectivity index (χ0) is 13.2. The third kappa shape index (κ3) is 2.34. The molecule has 1 aromatic carbocycles. The SMILES string of the molecule is CO[C@H]1CNCC1Nc1nccc2ccc(O)cc12. The summed E-state index contributed by atoms with van der Waals surface area (Å²) in [4.78, 5) is 4.37. The van der Waals surface area contributed by atoms with Gasteiger partial charge in [-0.15, -0.1) is 0 Å². The van der Waals surface area contributed by atoms with Crippen LogP contribution in [0.15, 0.2) is 30.5 Å². The first-order valence-corrected chi connectivity index (χ1v) is 6.36. The van der Waals surface area contributed by atoms with Crippen molar-refractivity contribution in [3.8, 4) is 5.75 Å². The molecule has 1 saturated heterocycles. The Bertz CT molecular complexity index is 588. The van der Waals surface area contributed by atoms with E-state index in [-0.39, 0.29) is 17.9 Å².